The third kappa shape index (κ3) is 0.995. The molecule has 3 rings (SSSR count). The molecule has 15 heavy (non-hydrogen) atoms. The summed E-state index contributed by atoms with van der Waals surface area (Å²) < 4.78 is 5.62. The maximum absolute atomic E-state index is 12.0. The Bertz CT molecular complexity index is 314. The van der Waals surface area contributed by atoms with E-state index in [1.54, 1.807) is 19.1 Å². The fourth-order valence-electron chi connectivity index (χ4n) is 3.09. The van der Waals surface area contributed by atoms with Gasteiger partial charge in [-0.3, -0.25) is 9.59 Å². The van der Waals surface area contributed by atoms with Crippen molar-refractivity contribution in [2.24, 2.45) is 11.8 Å². The zero-order valence-corrected chi connectivity index (χ0v) is 8.84. The molecule has 3 heterocycles. The SMILES string of the molecule is CN(C)N1C(=O)[C@@H]2[C@H](C1=O)[C@@H]1CC[C@@H]2O1. The molecule has 0 radical (unpaired) electrons. The van der Waals surface area contributed by atoms with Crippen molar-refractivity contribution < 1.29 is 14.3 Å². The first-order valence-electron chi connectivity index (χ1n) is 5.32. The van der Waals surface area contributed by atoms with Crippen LogP contribution >= 0.6 is 0 Å². The summed E-state index contributed by atoms with van der Waals surface area (Å²) in [5, 5.41) is 2.84. The molecule has 0 saturated carbocycles. The van der Waals surface area contributed by atoms with Crippen molar-refractivity contribution in [1.82, 2.24) is 10.0 Å². The van der Waals surface area contributed by atoms with E-state index < -0.39 is 0 Å². The van der Waals surface area contributed by atoms with Crippen LogP contribution < -0.4 is 0 Å². The topological polar surface area (TPSA) is 49.9 Å². The van der Waals surface area contributed by atoms with Gasteiger partial charge in [0.05, 0.1) is 24.0 Å². The van der Waals surface area contributed by atoms with Crippen LogP contribution in [0.15, 0.2) is 0 Å². The molecule has 3 fully saturated rings. The fourth-order valence-corrected chi connectivity index (χ4v) is 3.09. The molecule has 0 aliphatic carbocycles. The number of rotatable bonds is 1. The molecule has 82 valence electrons. The molecule has 5 heteroatoms. The summed E-state index contributed by atoms with van der Waals surface area (Å²) in [5.41, 5.74) is 0. The van der Waals surface area contributed by atoms with Gasteiger partial charge in [-0.2, -0.15) is 0 Å². The normalized spacial score (nSPS) is 43.3. The number of hydrazine groups is 1. The van der Waals surface area contributed by atoms with Gasteiger partial charge < -0.3 is 4.74 Å². The predicted octanol–water partition coefficient (Wildman–Crippen LogP) is -0.375. The Morgan fingerprint density at radius 1 is 1.13 bits per heavy atom. The van der Waals surface area contributed by atoms with Crippen molar-refractivity contribution in [3.8, 4) is 0 Å². The molecule has 2 bridgehead atoms. The van der Waals surface area contributed by atoms with Gasteiger partial charge in [-0.1, -0.05) is 0 Å². The van der Waals surface area contributed by atoms with E-state index in [1.807, 2.05) is 0 Å². The zero-order valence-electron chi connectivity index (χ0n) is 8.84. The standard InChI is InChI=1S/C10H14N2O3/c1-11(2)12-9(13)7-5-3-4-6(15-5)8(7)10(12)14/h5-8H,3-4H2,1-2H3/t5-,6-,7-,8+/m0/s1. The number of amides is 2. The summed E-state index contributed by atoms with van der Waals surface area (Å²) >= 11 is 0. The maximum Gasteiger partial charge on any atom is 0.250 e. The van der Waals surface area contributed by atoms with Gasteiger partial charge in [0.2, 0.25) is 0 Å². The lowest BCUT2D eigenvalue weighted by Crippen LogP contribution is -2.43. The average Bonchev–Trinajstić information content (AvgIpc) is 2.79. The monoisotopic (exact) mass is 210 g/mol. The summed E-state index contributed by atoms with van der Waals surface area (Å²) in [5.74, 6) is -0.582. The number of ether oxygens (including phenoxy) is 1. The van der Waals surface area contributed by atoms with E-state index in [0.717, 1.165) is 12.8 Å². The molecular formula is C10H14N2O3. The Hall–Kier alpha value is -0.940. The third-order valence-electron chi connectivity index (χ3n) is 3.66. The summed E-state index contributed by atoms with van der Waals surface area (Å²) in [6, 6.07) is 0. The Morgan fingerprint density at radius 3 is 2.00 bits per heavy atom. The summed E-state index contributed by atoms with van der Waals surface area (Å²) in [4.78, 5) is 24.0. The minimum absolute atomic E-state index is 0.0126. The molecule has 2 amide bonds. The number of nitrogens with zero attached hydrogens (tertiary/aromatic N) is 2. The highest BCUT2D eigenvalue weighted by Crippen LogP contribution is 2.48. The molecule has 0 spiro atoms. The van der Waals surface area contributed by atoms with Crippen molar-refractivity contribution in [3.63, 3.8) is 0 Å². The van der Waals surface area contributed by atoms with Crippen LogP contribution in [0.1, 0.15) is 12.8 Å². The maximum atomic E-state index is 12.0. The van der Waals surface area contributed by atoms with E-state index in [9.17, 15) is 9.59 Å². The van der Waals surface area contributed by atoms with Crippen LogP contribution in [0.3, 0.4) is 0 Å². The highest BCUT2D eigenvalue weighted by atomic mass is 16.5. The molecule has 0 aromatic carbocycles. The van der Waals surface area contributed by atoms with Gasteiger partial charge in [0.15, 0.2) is 0 Å². The Balaban J connectivity index is 1.97. The third-order valence-corrected chi connectivity index (χ3v) is 3.66. The molecule has 4 atom stereocenters. The van der Waals surface area contributed by atoms with E-state index >= 15 is 0 Å². The molecule has 3 saturated heterocycles. The Kier molecular flexibility index (Phi) is 1.73. The summed E-state index contributed by atoms with van der Waals surface area (Å²) in [6.07, 6.45) is 1.82. The molecule has 3 aliphatic heterocycles. The van der Waals surface area contributed by atoms with Gasteiger partial charge in [0.1, 0.15) is 0 Å². The molecule has 3 aliphatic rings. The second-order valence-electron chi connectivity index (χ2n) is 4.68. The van der Waals surface area contributed by atoms with Gasteiger partial charge in [0, 0.05) is 14.1 Å². The number of hydrogen-bond acceptors (Lipinski definition) is 4. The smallest absolute Gasteiger partial charge is 0.250 e. The van der Waals surface area contributed by atoms with Crippen molar-refractivity contribution in [2.45, 2.75) is 25.0 Å². The Morgan fingerprint density at radius 2 is 1.60 bits per heavy atom. The van der Waals surface area contributed by atoms with Crippen molar-refractivity contribution >= 4 is 11.8 Å². The van der Waals surface area contributed by atoms with Crippen LogP contribution in [0.25, 0.3) is 0 Å². The Labute approximate surface area is 87.9 Å². The van der Waals surface area contributed by atoms with Gasteiger partial charge in [-0.25, -0.2) is 10.0 Å². The number of carbonyl (C=O) groups is 2. The second-order valence-corrected chi connectivity index (χ2v) is 4.68. The number of fused-ring (bicyclic) bond motifs is 5. The van der Waals surface area contributed by atoms with Gasteiger partial charge in [-0.05, 0) is 12.8 Å². The second kappa shape index (κ2) is 2.80. The number of carbonyl (C=O) groups excluding carboxylic acids is 2. The highest BCUT2D eigenvalue weighted by molar-refractivity contribution is 6.05. The van der Waals surface area contributed by atoms with Crippen LogP contribution in [0.5, 0.6) is 0 Å². The van der Waals surface area contributed by atoms with Gasteiger partial charge >= 0.3 is 0 Å². The predicted molar refractivity (Wildman–Crippen MR) is 50.4 cm³/mol. The lowest BCUT2D eigenvalue weighted by Gasteiger charge is -2.23. The van der Waals surface area contributed by atoms with E-state index in [-0.39, 0.29) is 35.9 Å². The quantitative estimate of drug-likeness (QED) is 0.554. The number of hydrogen-bond donors (Lipinski definition) is 0. The molecule has 0 unspecified atom stereocenters. The van der Waals surface area contributed by atoms with E-state index in [4.69, 9.17) is 4.74 Å². The molecule has 0 aromatic rings. The molecule has 5 nitrogen and oxygen atoms in total. The van der Waals surface area contributed by atoms with Crippen LogP contribution in [-0.4, -0.2) is 48.1 Å². The summed E-state index contributed by atoms with van der Waals surface area (Å²) in [6.45, 7) is 0. The van der Waals surface area contributed by atoms with Crippen LogP contribution in [0.4, 0.5) is 0 Å². The molecule has 0 aromatic heterocycles. The minimum atomic E-state index is -0.210. The first kappa shape index (κ1) is 9.30. The first-order valence-corrected chi connectivity index (χ1v) is 5.32. The molecular weight excluding hydrogens is 196 g/mol. The highest BCUT2D eigenvalue weighted by Gasteiger charge is 2.62. The van der Waals surface area contributed by atoms with Crippen molar-refractivity contribution in [1.29, 1.82) is 0 Å². The summed E-state index contributed by atoms with van der Waals surface area (Å²) in [7, 11) is 3.44. The van der Waals surface area contributed by atoms with Crippen molar-refractivity contribution in [3.05, 3.63) is 0 Å². The van der Waals surface area contributed by atoms with Crippen LogP contribution in [0.2, 0.25) is 0 Å². The first-order chi connectivity index (χ1) is 7.11. The van der Waals surface area contributed by atoms with Crippen molar-refractivity contribution in [2.75, 3.05) is 14.1 Å². The van der Waals surface area contributed by atoms with Crippen LogP contribution in [-0.2, 0) is 14.3 Å². The van der Waals surface area contributed by atoms with E-state index in [1.165, 1.54) is 5.01 Å². The molecule has 0 N–H and O–H groups in total. The fraction of sp³-hybridized carbons (Fsp3) is 0.800. The average molecular weight is 210 g/mol. The lowest BCUT2D eigenvalue weighted by molar-refractivity contribution is -0.157. The zero-order chi connectivity index (χ0) is 10.7. The van der Waals surface area contributed by atoms with Gasteiger partial charge in [0.25, 0.3) is 11.8 Å². The largest absolute Gasteiger partial charge is 0.373 e. The number of imide groups is 1. The minimum Gasteiger partial charge on any atom is -0.373 e. The van der Waals surface area contributed by atoms with Gasteiger partial charge in [-0.15, -0.1) is 0 Å². The van der Waals surface area contributed by atoms with Crippen LogP contribution in [0, 0.1) is 11.8 Å². The lowest BCUT2D eigenvalue weighted by atomic mass is 9.81. The van der Waals surface area contributed by atoms with E-state index in [0.29, 0.717) is 0 Å². The van der Waals surface area contributed by atoms with E-state index in [2.05, 4.69) is 0 Å².